The van der Waals surface area contributed by atoms with Crippen LogP contribution in [0.25, 0.3) is 0 Å². The van der Waals surface area contributed by atoms with Gasteiger partial charge in [-0.2, -0.15) is 12.6 Å². The third-order valence-corrected chi connectivity index (χ3v) is 2.53. The zero-order chi connectivity index (χ0) is 8.53. The third kappa shape index (κ3) is 8.39. The molecule has 6 heteroatoms. The maximum Gasteiger partial charge on any atom is 0.307 e. The Labute approximate surface area is 79.1 Å². The molecule has 0 bridgehead atoms. The Morgan fingerprint density at radius 1 is 1.55 bits per heavy atom. The molecule has 0 spiro atoms. The van der Waals surface area contributed by atoms with E-state index in [0.29, 0.717) is 12.2 Å². The molecule has 11 heavy (non-hydrogen) atoms. The Kier molecular flexibility index (Phi) is 8.95. The van der Waals surface area contributed by atoms with Gasteiger partial charge in [0.25, 0.3) is 0 Å². The van der Waals surface area contributed by atoms with Crippen LogP contribution in [-0.4, -0.2) is 28.7 Å². The van der Waals surface area contributed by atoms with Gasteiger partial charge in [0.1, 0.15) is 5.94 Å². The van der Waals surface area contributed by atoms with Crippen LogP contribution in [-0.2, 0) is 9.53 Å². The molecule has 0 saturated carbocycles. The van der Waals surface area contributed by atoms with Crippen molar-refractivity contribution in [3.05, 3.63) is 0 Å². The van der Waals surface area contributed by atoms with Gasteiger partial charge in [-0.15, -0.1) is 0 Å². The molecule has 0 aliphatic heterocycles. The number of aliphatic hydroxyl groups is 1. The largest absolute Gasteiger partial charge is 0.454 e. The van der Waals surface area contributed by atoms with Crippen LogP contribution in [0.3, 0.4) is 0 Å². The van der Waals surface area contributed by atoms with Crippen molar-refractivity contribution in [3.8, 4) is 0 Å². The summed E-state index contributed by atoms with van der Waals surface area (Å²) in [5.74, 6) is 0.592. The van der Waals surface area contributed by atoms with Gasteiger partial charge in [0.15, 0.2) is 0 Å². The van der Waals surface area contributed by atoms with Crippen molar-refractivity contribution in [2.24, 2.45) is 0 Å². The van der Waals surface area contributed by atoms with E-state index in [4.69, 9.17) is 9.84 Å². The van der Waals surface area contributed by atoms with Crippen LogP contribution < -0.4 is 0 Å². The Balaban J connectivity index is 3.04. The molecular weight excluding hydrogens is 204 g/mol. The Bertz CT molecular complexity index is 109. The summed E-state index contributed by atoms with van der Waals surface area (Å²) in [4.78, 5) is 10.6. The van der Waals surface area contributed by atoms with Crippen LogP contribution >= 0.6 is 34.2 Å². The molecule has 0 amide bonds. The molecule has 0 unspecified atom stereocenters. The predicted octanol–water partition coefficient (Wildman–Crippen LogP) is 1.14. The van der Waals surface area contributed by atoms with E-state index in [2.05, 4.69) is 12.6 Å². The number of thiol groups is 1. The molecule has 0 aromatic carbocycles. The maximum atomic E-state index is 10.6. The summed E-state index contributed by atoms with van der Waals surface area (Å²) < 4.78 is 4.73. The van der Waals surface area contributed by atoms with Gasteiger partial charge in [0.05, 0.1) is 12.4 Å². The summed E-state index contributed by atoms with van der Waals surface area (Å²) in [7, 11) is 2.55. The molecule has 0 saturated heterocycles. The number of hydrogen-bond acceptors (Lipinski definition) is 6. The molecule has 0 aromatic heterocycles. The van der Waals surface area contributed by atoms with Gasteiger partial charge in [-0.3, -0.25) is 4.79 Å². The zero-order valence-electron chi connectivity index (χ0n) is 5.86. The lowest BCUT2D eigenvalue weighted by atomic mass is 10.5. The minimum Gasteiger partial charge on any atom is -0.454 e. The van der Waals surface area contributed by atoms with E-state index in [1.54, 1.807) is 0 Å². The summed E-state index contributed by atoms with van der Waals surface area (Å²) in [6.07, 6.45) is 0.341. The van der Waals surface area contributed by atoms with E-state index >= 15 is 0 Å². The Hall–Kier alpha value is 0.480. The van der Waals surface area contributed by atoms with Crippen molar-refractivity contribution in [2.75, 3.05) is 17.6 Å². The van der Waals surface area contributed by atoms with E-state index in [1.165, 1.54) is 21.6 Å². The van der Waals surface area contributed by atoms with Crippen LogP contribution in [0.1, 0.15) is 6.42 Å². The summed E-state index contributed by atoms with van der Waals surface area (Å²) in [6.45, 7) is 0. The molecule has 0 aliphatic rings. The molecule has 0 radical (unpaired) electrons. The van der Waals surface area contributed by atoms with E-state index in [1.807, 2.05) is 0 Å². The van der Waals surface area contributed by atoms with Crippen molar-refractivity contribution in [1.29, 1.82) is 0 Å². The van der Waals surface area contributed by atoms with Gasteiger partial charge in [-0.05, 0) is 0 Å². The van der Waals surface area contributed by atoms with Crippen molar-refractivity contribution in [2.45, 2.75) is 6.42 Å². The minimum absolute atomic E-state index is 0.0365. The second kappa shape index (κ2) is 8.58. The first-order valence-electron chi connectivity index (χ1n) is 2.93. The lowest BCUT2D eigenvalue weighted by Crippen LogP contribution is -2.03. The van der Waals surface area contributed by atoms with Crippen LogP contribution in [0.4, 0.5) is 0 Å². The van der Waals surface area contributed by atoms with Gasteiger partial charge >= 0.3 is 5.97 Å². The van der Waals surface area contributed by atoms with E-state index in [-0.39, 0.29) is 17.8 Å². The van der Waals surface area contributed by atoms with Gasteiger partial charge in [-0.1, -0.05) is 21.6 Å². The SMILES string of the molecule is O=C(CCS)OCSSCO. The molecule has 0 heterocycles. The molecule has 3 nitrogen and oxygen atoms in total. The van der Waals surface area contributed by atoms with Crippen LogP contribution in [0.2, 0.25) is 0 Å². The number of aliphatic hydroxyl groups excluding tert-OH is 1. The Morgan fingerprint density at radius 3 is 2.82 bits per heavy atom. The van der Waals surface area contributed by atoms with Crippen molar-refractivity contribution in [1.82, 2.24) is 0 Å². The van der Waals surface area contributed by atoms with Gasteiger partial charge < -0.3 is 9.84 Å². The molecule has 0 atom stereocenters. The first-order valence-corrected chi connectivity index (χ1v) is 6.05. The molecule has 0 aromatic rings. The second-order valence-electron chi connectivity index (χ2n) is 1.47. The lowest BCUT2D eigenvalue weighted by Gasteiger charge is -2.00. The lowest BCUT2D eigenvalue weighted by molar-refractivity contribution is -0.140. The summed E-state index contributed by atoms with van der Waals surface area (Å²) in [6, 6.07) is 0. The highest BCUT2D eigenvalue weighted by molar-refractivity contribution is 8.76. The van der Waals surface area contributed by atoms with E-state index < -0.39 is 0 Å². The summed E-state index contributed by atoms with van der Waals surface area (Å²) in [5.41, 5.74) is 0. The number of carbonyl (C=O) groups excluding carboxylic acids is 1. The predicted molar refractivity (Wildman–Crippen MR) is 51.7 cm³/mol. The van der Waals surface area contributed by atoms with Crippen LogP contribution in [0.15, 0.2) is 0 Å². The number of esters is 1. The molecule has 66 valence electrons. The smallest absolute Gasteiger partial charge is 0.307 e. The highest BCUT2D eigenvalue weighted by Crippen LogP contribution is 2.19. The second-order valence-corrected chi connectivity index (χ2v) is 4.30. The number of carbonyl (C=O) groups is 1. The van der Waals surface area contributed by atoms with Crippen molar-refractivity contribution >= 4 is 40.2 Å². The monoisotopic (exact) mass is 214 g/mol. The van der Waals surface area contributed by atoms with Gasteiger partial charge in [0, 0.05) is 5.75 Å². The number of rotatable bonds is 6. The van der Waals surface area contributed by atoms with Crippen LogP contribution in [0.5, 0.6) is 0 Å². The average molecular weight is 214 g/mol. The molecular formula is C5H10O3S3. The average Bonchev–Trinajstić information content (AvgIpc) is 1.99. The topological polar surface area (TPSA) is 46.5 Å². The van der Waals surface area contributed by atoms with Crippen molar-refractivity contribution < 1.29 is 14.6 Å². The maximum absolute atomic E-state index is 10.6. The van der Waals surface area contributed by atoms with Gasteiger partial charge in [0.2, 0.25) is 0 Å². The van der Waals surface area contributed by atoms with E-state index in [0.717, 1.165) is 0 Å². The molecule has 0 aliphatic carbocycles. The van der Waals surface area contributed by atoms with Crippen molar-refractivity contribution in [3.63, 3.8) is 0 Å². The molecule has 0 rings (SSSR count). The van der Waals surface area contributed by atoms with E-state index in [9.17, 15) is 4.79 Å². The number of hydrogen-bond donors (Lipinski definition) is 2. The Morgan fingerprint density at radius 2 is 2.27 bits per heavy atom. The molecule has 0 fully saturated rings. The summed E-state index contributed by atoms with van der Waals surface area (Å²) >= 11 is 3.87. The summed E-state index contributed by atoms with van der Waals surface area (Å²) in [5, 5.41) is 8.32. The first-order chi connectivity index (χ1) is 5.31. The zero-order valence-corrected chi connectivity index (χ0v) is 8.38. The minimum atomic E-state index is -0.244. The quantitative estimate of drug-likeness (QED) is 0.228. The highest BCUT2D eigenvalue weighted by atomic mass is 33.1. The van der Waals surface area contributed by atoms with Crippen LogP contribution in [0, 0.1) is 0 Å². The fourth-order valence-electron chi connectivity index (χ4n) is 0.325. The standard InChI is InChI=1S/C5H10O3S3/c6-3-10-11-4-8-5(7)1-2-9/h6,9H,1-4H2. The fourth-order valence-corrected chi connectivity index (χ4v) is 1.40. The first kappa shape index (κ1) is 11.5. The van der Waals surface area contributed by atoms with Gasteiger partial charge in [-0.25, -0.2) is 0 Å². The normalized spacial score (nSPS) is 9.64. The fraction of sp³-hybridized carbons (Fsp3) is 0.800. The highest BCUT2D eigenvalue weighted by Gasteiger charge is 1.99. The molecule has 1 N–H and O–H groups in total. The third-order valence-electron chi connectivity index (χ3n) is 0.720. The number of ether oxygens (including phenoxy) is 1.